The first-order chi connectivity index (χ1) is 14.3. The van der Waals surface area contributed by atoms with Gasteiger partial charge in [-0.05, 0) is 49.1 Å². The molecule has 2 saturated carbocycles. The topological polar surface area (TPSA) is 145 Å². The number of rotatable bonds is 11. The average Bonchev–Trinajstić information content (AvgIpc) is 3.17. The van der Waals surface area contributed by atoms with Crippen LogP contribution in [0.25, 0.3) is 0 Å². The molecule has 0 aromatic heterocycles. The van der Waals surface area contributed by atoms with E-state index in [2.05, 4.69) is 39.5 Å². The monoisotopic (exact) mass is 445 g/mol. The van der Waals surface area contributed by atoms with Crippen molar-refractivity contribution in [2.45, 2.75) is 72.0 Å². The summed E-state index contributed by atoms with van der Waals surface area (Å²) in [5.74, 6) is -2.35. The first kappa shape index (κ1) is 27.3. The van der Waals surface area contributed by atoms with Crippen molar-refractivity contribution in [2.75, 3.05) is 26.2 Å². The molecule has 0 aliphatic heterocycles. The maximum Gasteiger partial charge on any atom is 0.336 e. The van der Waals surface area contributed by atoms with Gasteiger partial charge >= 0.3 is 17.9 Å². The number of likely N-dealkylation sites (N-methyl/N-ethyl adjacent to an activating group) is 1. The Hall–Kier alpha value is -1.71. The van der Waals surface area contributed by atoms with Gasteiger partial charge in [0.15, 0.2) is 5.60 Å². The molecule has 0 aromatic rings. The first-order valence-electron chi connectivity index (χ1n) is 11.0. The fourth-order valence-electron chi connectivity index (χ4n) is 4.65. The molecule has 4 atom stereocenters. The van der Waals surface area contributed by atoms with Gasteiger partial charge in [-0.3, -0.25) is 9.59 Å². The molecule has 0 unspecified atom stereocenters. The van der Waals surface area contributed by atoms with Crippen LogP contribution in [0.5, 0.6) is 0 Å². The van der Waals surface area contributed by atoms with E-state index in [1.54, 1.807) is 0 Å². The van der Waals surface area contributed by atoms with Crippen LogP contribution < -0.4 is 0 Å². The quantitative estimate of drug-likeness (QED) is 0.376. The van der Waals surface area contributed by atoms with Crippen LogP contribution >= 0.6 is 0 Å². The van der Waals surface area contributed by atoms with Crippen molar-refractivity contribution >= 4 is 17.9 Å². The lowest BCUT2D eigenvalue weighted by Crippen LogP contribution is -2.42. The lowest BCUT2D eigenvalue weighted by atomic mass is 9.88. The molecule has 0 spiro atoms. The van der Waals surface area contributed by atoms with Gasteiger partial charge in [-0.25, -0.2) is 4.79 Å². The summed E-state index contributed by atoms with van der Waals surface area (Å²) >= 11 is 0. The Morgan fingerprint density at radius 2 is 1.48 bits per heavy atom. The second kappa shape index (κ2) is 11.2. The van der Waals surface area contributed by atoms with Crippen LogP contribution in [-0.2, 0) is 19.1 Å². The predicted molar refractivity (Wildman–Crippen MR) is 114 cm³/mol. The molecule has 0 bridgehead atoms. The number of nitrogens with zero attached hydrogens (tertiary/aromatic N) is 1. The third kappa shape index (κ3) is 7.73. The summed E-state index contributed by atoms with van der Waals surface area (Å²) in [7, 11) is 0. The number of fused-ring (bicyclic) bond motifs is 1. The Labute approximate surface area is 184 Å². The van der Waals surface area contributed by atoms with Gasteiger partial charge in [0.2, 0.25) is 0 Å². The van der Waals surface area contributed by atoms with E-state index in [1.165, 1.54) is 12.8 Å². The highest BCUT2D eigenvalue weighted by atomic mass is 16.5. The molecule has 180 valence electrons. The number of aliphatic carboxylic acids is 3. The zero-order valence-corrected chi connectivity index (χ0v) is 19.3. The summed E-state index contributed by atoms with van der Waals surface area (Å²) < 4.78 is 6.18. The number of carboxylic acids is 3. The molecule has 2 aliphatic rings. The van der Waals surface area contributed by atoms with Gasteiger partial charge in [0.1, 0.15) is 0 Å². The minimum atomic E-state index is -2.74. The van der Waals surface area contributed by atoms with Gasteiger partial charge < -0.3 is 30.1 Å². The van der Waals surface area contributed by atoms with E-state index in [9.17, 15) is 14.4 Å². The molecule has 0 amide bonds. The number of ether oxygens (including phenoxy) is 1. The number of hydrogen-bond donors (Lipinski definition) is 4. The van der Waals surface area contributed by atoms with Crippen LogP contribution in [0.1, 0.15) is 60.3 Å². The van der Waals surface area contributed by atoms with Crippen molar-refractivity contribution in [2.24, 2.45) is 23.2 Å². The van der Waals surface area contributed by atoms with Gasteiger partial charge in [0.05, 0.1) is 25.6 Å². The van der Waals surface area contributed by atoms with Crippen LogP contribution in [0.2, 0.25) is 0 Å². The Morgan fingerprint density at radius 3 is 1.90 bits per heavy atom. The van der Waals surface area contributed by atoms with Gasteiger partial charge in [0.25, 0.3) is 0 Å². The zero-order valence-electron chi connectivity index (χ0n) is 19.3. The molecule has 0 heterocycles. The lowest BCUT2D eigenvalue weighted by molar-refractivity contribution is -0.170. The van der Waals surface area contributed by atoms with Gasteiger partial charge in [-0.15, -0.1) is 0 Å². The second-order valence-corrected chi connectivity index (χ2v) is 9.40. The molecule has 31 heavy (non-hydrogen) atoms. The van der Waals surface area contributed by atoms with E-state index in [4.69, 9.17) is 25.2 Å². The molecular formula is C22H39NO8. The lowest BCUT2D eigenvalue weighted by Gasteiger charge is -2.29. The van der Waals surface area contributed by atoms with E-state index in [0.717, 1.165) is 44.0 Å². The van der Waals surface area contributed by atoms with Crippen molar-refractivity contribution in [1.82, 2.24) is 4.90 Å². The van der Waals surface area contributed by atoms with Crippen molar-refractivity contribution in [3.8, 4) is 0 Å². The maximum absolute atomic E-state index is 10.3. The third-order valence-electron chi connectivity index (χ3n) is 6.95. The normalized spacial score (nSPS) is 26.4. The van der Waals surface area contributed by atoms with Crippen LogP contribution in [0.4, 0.5) is 0 Å². The van der Waals surface area contributed by atoms with Crippen LogP contribution in [0.15, 0.2) is 0 Å². The third-order valence-corrected chi connectivity index (χ3v) is 6.95. The Balaban J connectivity index is 0.000000330. The molecule has 2 fully saturated rings. The summed E-state index contributed by atoms with van der Waals surface area (Å²) in [6, 6.07) is 0. The van der Waals surface area contributed by atoms with E-state index in [-0.39, 0.29) is 0 Å². The number of hydrogen-bond acceptors (Lipinski definition) is 6. The van der Waals surface area contributed by atoms with Crippen molar-refractivity contribution in [3.63, 3.8) is 0 Å². The highest BCUT2D eigenvalue weighted by Gasteiger charge is 2.60. The summed E-state index contributed by atoms with van der Waals surface area (Å²) in [5.41, 5.74) is -2.14. The molecule has 9 nitrogen and oxygen atoms in total. The summed E-state index contributed by atoms with van der Waals surface area (Å²) in [5, 5.41) is 33.8. The molecule has 0 saturated heterocycles. The fourth-order valence-corrected chi connectivity index (χ4v) is 4.65. The summed E-state index contributed by atoms with van der Waals surface area (Å²) in [4.78, 5) is 32.9. The molecule has 0 aromatic carbocycles. The van der Waals surface area contributed by atoms with Crippen LogP contribution in [0, 0.1) is 23.2 Å². The average molecular weight is 446 g/mol. The van der Waals surface area contributed by atoms with Gasteiger partial charge in [0, 0.05) is 6.54 Å². The maximum atomic E-state index is 10.3. The summed E-state index contributed by atoms with van der Waals surface area (Å²) in [6.07, 6.45) is 0.914. The number of carbonyl (C=O) groups is 3. The molecule has 2 rings (SSSR count). The zero-order chi connectivity index (χ0) is 24.0. The minimum Gasteiger partial charge on any atom is -0.481 e. The Kier molecular flexibility index (Phi) is 9.91. The number of carboxylic acid groups (broad SMARTS) is 3. The molecule has 0 radical (unpaired) electrons. The van der Waals surface area contributed by atoms with E-state index in [0.29, 0.717) is 11.5 Å². The smallest absolute Gasteiger partial charge is 0.336 e. The SMILES string of the molecule is CCN(CC)CCO[C@H]1C[C@@H]2[C@@H](C[C@@H]1C)C2(C)C.O=C(O)CC(O)(CC(=O)O)C(=O)O. The van der Waals surface area contributed by atoms with E-state index < -0.39 is 36.4 Å². The molecule has 4 N–H and O–H groups in total. The number of aliphatic hydroxyl groups is 1. The van der Waals surface area contributed by atoms with Crippen molar-refractivity contribution in [3.05, 3.63) is 0 Å². The minimum absolute atomic E-state index is 0.517. The van der Waals surface area contributed by atoms with Crippen molar-refractivity contribution in [1.29, 1.82) is 0 Å². The highest BCUT2D eigenvalue weighted by molar-refractivity contribution is 5.88. The molecule has 9 heteroatoms. The van der Waals surface area contributed by atoms with Crippen molar-refractivity contribution < 1.29 is 39.5 Å². The first-order valence-corrected chi connectivity index (χ1v) is 11.0. The Morgan fingerprint density at radius 1 is 1.00 bits per heavy atom. The van der Waals surface area contributed by atoms with Crippen LogP contribution in [0.3, 0.4) is 0 Å². The molecular weight excluding hydrogens is 406 g/mol. The largest absolute Gasteiger partial charge is 0.481 e. The second-order valence-electron chi connectivity index (χ2n) is 9.40. The fraction of sp³-hybridized carbons (Fsp3) is 0.864. The van der Waals surface area contributed by atoms with E-state index in [1.807, 2.05) is 0 Å². The predicted octanol–water partition coefficient (Wildman–Crippen LogP) is 2.17. The van der Waals surface area contributed by atoms with Gasteiger partial charge in [-0.2, -0.15) is 0 Å². The van der Waals surface area contributed by atoms with E-state index >= 15 is 0 Å². The van der Waals surface area contributed by atoms with Crippen LogP contribution in [-0.4, -0.2) is 81.2 Å². The Bertz CT molecular complexity index is 615. The highest BCUT2D eigenvalue weighted by Crippen LogP contribution is 2.66. The molecule has 2 aliphatic carbocycles. The standard InChI is InChI=1S/C16H31NO.C6H8O7/c1-6-17(7-2)8-9-18-15-11-14-13(10-12(15)3)16(14,4)5;7-3(8)1-6(13,5(11)12)2-4(9)10/h12-15H,6-11H2,1-5H3;13H,1-2H2,(H,7,8)(H,9,10)(H,11,12)/t12-,13+,14+,15-;/m0./s1. The van der Waals surface area contributed by atoms with Gasteiger partial charge in [-0.1, -0.05) is 34.6 Å². The summed E-state index contributed by atoms with van der Waals surface area (Å²) in [6.45, 7) is 16.0.